The summed E-state index contributed by atoms with van der Waals surface area (Å²) in [7, 11) is 0. The summed E-state index contributed by atoms with van der Waals surface area (Å²) in [5.41, 5.74) is 4.85. The number of aromatic carboxylic acids is 1. The highest BCUT2D eigenvalue weighted by molar-refractivity contribution is 6.34. The highest BCUT2D eigenvalue weighted by atomic mass is 35.5. The molecule has 0 bridgehead atoms. The predicted molar refractivity (Wildman–Crippen MR) is 107 cm³/mol. The molecule has 0 aliphatic rings. The minimum absolute atomic E-state index is 0.185. The molecule has 7 heteroatoms. The highest BCUT2D eigenvalue weighted by Gasteiger charge is 2.13. The van der Waals surface area contributed by atoms with Gasteiger partial charge in [0, 0.05) is 11.8 Å². The quantitative estimate of drug-likeness (QED) is 0.485. The summed E-state index contributed by atoms with van der Waals surface area (Å²) in [6.45, 7) is 3.72. The number of carbonyl (C=O) groups is 1. The van der Waals surface area contributed by atoms with Crippen LogP contribution in [-0.2, 0) is 0 Å². The van der Waals surface area contributed by atoms with Gasteiger partial charge >= 0.3 is 5.97 Å². The number of benzene rings is 2. The summed E-state index contributed by atoms with van der Waals surface area (Å²) in [6, 6.07) is 12.6. The van der Waals surface area contributed by atoms with Crippen molar-refractivity contribution in [2.75, 3.05) is 0 Å². The second-order valence-corrected chi connectivity index (χ2v) is 6.90. The Morgan fingerprint density at radius 2 is 1.96 bits per heavy atom. The van der Waals surface area contributed by atoms with E-state index in [1.54, 1.807) is 31.3 Å². The van der Waals surface area contributed by atoms with E-state index in [1.807, 2.05) is 25.1 Å². The molecule has 140 valence electrons. The molecule has 0 amide bonds. The van der Waals surface area contributed by atoms with E-state index >= 15 is 0 Å². The van der Waals surface area contributed by atoms with E-state index in [4.69, 9.17) is 16.3 Å². The maximum absolute atomic E-state index is 11.3. The lowest BCUT2D eigenvalue weighted by molar-refractivity contribution is 0.0695. The summed E-state index contributed by atoms with van der Waals surface area (Å²) >= 11 is 6.44. The minimum Gasteiger partial charge on any atom is -0.478 e. The zero-order valence-electron chi connectivity index (χ0n) is 15.2. The molecule has 2 N–H and O–H groups in total. The van der Waals surface area contributed by atoms with E-state index in [-0.39, 0.29) is 11.6 Å². The van der Waals surface area contributed by atoms with Crippen molar-refractivity contribution >= 4 is 28.6 Å². The molecule has 6 nitrogen and oxygen atoms in total. The Labute approximate surface area is 165 Å². The van der Waals surface area contributed by atoms with Gasteiger partial charge in [0.2, 0.25) is 0 Å². The summed E-state index contributed by atoms with van der Waals surface area (Å²) in [5, 5.41) is 9.81. The van der Waals surface area contributed by atoms with Crippen LogP contribution in [0.5, 0.6) is 11.8 Å². The number of aryl methyl sites for hydroxylation is 2. The number of aromatic amines is 1. The molecule has 0 radical (unpaired) electrons. The molecule has 0 aliphatic heterocycles. The number of ether oxygens (including phenoxy) is 1. The van der Waals surface area contributed by atoms with Gasteiger partial charge in [0.15, 0.2) is 0 Å². The number of halogens is 1. The topological polar surface area (TPSA) is 88.1 Å². The molecule has 0 saturated heterocycles. The SMILES string of the molecule is Cc1ccnc(-c2cc3nc(Oc4ccc(C)c(C(=O)O)c4)[nH]c3cc2Cl)c1. The van der Waals surface area contributed by atoms with Crippen LogP contribution in [0.2, 0.25) is 5.02 Å². The van der Waals surface area contributed by atoms with E-state index in [0.29, 0.717) is 27.4 Å². The number of aromatic nitrogens is 3. The van der Waals surface area contributed by atoms with Gasteiger partial charge in [-0.1, -0.05) is 17.7 Å². The maximum atomic E-state index is 11.3. The third-order valence-corrected chi connectivity index (χ3v) is 4.71. The summed E-state index contributed by atoms with van der Waals surface area (Å²) in [5.74, 6) is -0.622. The van der Waals surface area contributed by atoms with Crippen LogP contribution < -0.4 is 4.74 Å². The number of fused-ring (bicyclic) bond motifs is 1. The second kappa shape index (κ2) is 6.98. The zero-order chi connectivity index (χ0) is 19.8. The van der Waals surface area contributed by atoms with Crippen LogP contribution in [0.1, 0.15) is 21.5 Å². The number of hydrogen-bond donors (Lipinski definition) is 2. The highest BCUT2D eigenvalue weighted by Crippen LogP contribution is 2.32. The van der Waals surface area contributed by atoms with Gasteiger partial charge in [-0.05, 0) is 61.4 Å². The van der Waals surface area contributed by atoms with Crippen molar-refractivity contribution in [3.8, 4) is 23.0 Å². The lowest BCUT2D eigenvalue weighted by Gasteiger charge is -2.05. The molecule has 4 rings (SSSR count). The van der Waals surface area contributed by atoms with Crippen LogP contribution >= 0.6 is 11.6 Å². The van der Waals surface area contributed by atoms with Crippen molar-refractivity contribution in [1.82, 2.24) is 15.0 Å². The Morgan fingerprint density at radius 3 is 2.71 bits per heavy atom. The molecular formula is C21H16ClN3O3. The number of hydrogen-bond acceptors (Lipinski definition) is 4. The van der Waals surface area contributed by atoms with Crippen LogP contribution in [-0.4, -0.2) is 26.0 Å². The molecule has 4 aromatic rings. The van der Waals surface area contributed by atoms with Crippen molar-refractivity contribution in [3.05, 3.63) is 70.4 Å². The molecule has 28 heavy (non-hydrogen) atoms. The molecule has 0 atom stereocenters. The molecular weight excluding hydrogens is 378 g/mol. The van der Waals surface area contributed by atoms with Crippen molar-refractivity contribution in [1.29, 1.82) is 0 Å². The second-order valence-electron chi connectivity index (χ2n) is 6.49. The van der Waals surface area contributed by atoms with Crippen molar-refractivity contribution in [2.24, 2.45) is 0 Å². The van der Waals surface area contributed by atoms with E-state index in [2.05, 4.69) is 15.0 Å². The lowest BCUT2D eigenvalue weighted by atomic mass is 10.1. The van der Waals surface area contributed by atoms with Gasteiger partial charge in [0.1, 0.15) is 5.75 Å². The van der Waals surface area contributed by atoms with Crippen LogP contribution in [0.25, 0.3) is 22.3 Å². The number of rotatable bonds is 4. The fourth-order valence-electron chi connectivity index (χ4n) is 2.94. The molecule has 0 spiro atoms. The average molecular weight is 394 g/mol. The van der Waals surface area contributed by atoms with E-state index < -0.39 is 5.97 Å². The van der Waals surface area contributed by atoms with Gasteiger partial charge in [0.25, 0.3) is 6.01 Å². The fraction of sp³-hybridized carbons (Fsp3) is 0.0952. The van der Waals surface area contributed by atoms with E-state index in [9.17, 15) is 9.90 Å². The summed E-state index contributed by atoms with van der Waals surface area (Å²) in [4.78, 5) is 23.2. The molecule has 0 aliphatic carbocycles. The van der Waals surface area contributed by atoms with Gasteiger partial charge in [0.05, 0.1) is 27.3 Å². The van der Waals surface area contributed by atoms with E-state index in [1.165, 1.54) is 6.07 Å². The average Bonchev–Trinajstić information content (AvgIpc) is 3.03. The van der Waals surface area contributed by atoms with Gasteiger partial charge in [-0.15, -0.1) is 0 Å². The van der Waals surface area contributed by atoms with Gasteiger partial charge < -0.3 is 14.8 Å². The maximum Gasteiger partial charge on any atom is 0.336 e. The zero-order valence-corrected chi connectivity index (χ0v) is 15.9. The molecule has 0 fully saturated rings. The normalized spacial score (nSPS) is 11.0. The first-order valence-corrected chi connectivity index (χ1v) is 8.92. The first kappa shape index (κ1) is 18.0. The number of nitrogens with zero attached hydrogens (tertiary/aromatic N) is 2. The number of pyridine rings is 1. The number of imidazole rings is 1. The number of carboxylic acids is 1. The first-order valence-electron chi connectivity index (χ1n) is 8.55. The monoisotopic (exact) mass is 393 g/mol. The summed E-state index contributed by atoms with van der Waals surface area (Å²) < 4.78 is 5.73. The van der Waals surface area contributed by atoms with E-state index in [0.717, 1.165) is 16.8 Å². The Hall–Kier alpha value is -3.38. The molecule has 2 aromatic carbocycles. The van der Waals surface area contributed by atoms with Crippen molar-refractivity contribution in [3.63, 3.8) is 0 Å². The number of carboxylic acid groups (broad SMARTS) is 1. The first-order chi connectivity index (χ1) is 13.4. The predicted octanol–water partition coefficient (Wildman–Crippen LogP) is 5.39. The van der Waals surface area contributed by atoms with Gasteiger partial charge in [-0.3, -0.25) is 4.98 Å². The summed E-state index contributed by atoms with van der Waals surface area (Å²) in [6.07, 6.45) is 1.74. The Morgan fingerprint density at radius 1 is 1.14 bits per heavy atom. The van der Waals surface area contributed by atoms with Crippen molar-refractivity contribution in [2.45, 2.75) is 13.8 Å². The van der Waals surface area contributed by atoms with Crippen LogP contribution in [0.15, 0.2) is 48.7 Å². The lowest BCUT2D eigenvalue weighted by Crippen LogP contribution is -2.00. The Bertz CT molecular complexity index is 1220. The molecule has 2 aromatic heterocycles. The van der Waals surface area contributed by atoms with Crippen molar-refractivity contribution < 1.29 is 14.6 Å². The van der Waals surface area contributed by atoms with Crippen LogP contribution in [0.3, 0.4) is 0 Å². The smallest absolute Gasteiger partial charge is 0.336 e. The standard InChI is InChI=1S/C21H16ClN3O3/c1-11-5-6-23-17(7-11)15-9-18-19(10-16(15)22)25-21(24-18)28-13-4-3-12(2)14(8-13)20(26)27/h3-10H,1-2H3,(H,24,25)(H,26,27). The third-order valence-electron chi connectivity index (χ3n) is 4.39. The molecule has 0 unspecified atom stereocenters. The number of H-pyrrole nitrogens is 1. The third kappa shape index (κ3) is 3.42. The Balaban J connectivity index is 1.71. The van der Waals surface area contributed by atoms with Crippen LogP contribution in [0, 0.1) is 13.8 Å². The van der Waals surface area contributed by atoms with Crippen LogP contribution in [0.4, 0.5) is 0 Å². The molecule has 0 saturated carbocycles. The fourth-order valence-corrected chi connectivity index (χ4v) is 3.20. The largest absolute Gasteiger partial charge is 0.478 e. The van der Waals surface area contributed by atoms with Gasteiger partial charge in [-0.2, -0.15) is 4.98 Å². The van der Waals surface area contributed by atoms with Gasteiger partial charge in [-0.25, -0.2) is 4.79 Å². The minimum atomic E-state index is -1.00. The number of nitrogens with one attached hydrogen (secondary N) is 1. The Kier molecular flexibility index (Phi) is 4.49. The molecule has 2 heterocycles.